The Balaban J connectivity index is 1.80. The maximum atomic E-state index is 13.9. The molecule has 3 amide bonds. The number of ether oxygens (including phenoxy) is 2. The van der Waals surface area contributed by atoms with Crippen molar-refractivity contribution in [1.82, 2.24) is 15.1 Å². The molecule has 4 aliphatic heterocycles. The number of allylic oxidation sites excluding steroid dienone is 1. The van der Waals surface area contributed by atoms with Crippen molar-refractivity contribution in [2.75, 3.05) is 26.2 Å². The van der Waals surface area contributed by atoms with Crippen molar-refractivity contribution in [3.05, 3.63) is 24.3 Å². The van der Waals surface area contributed by atoms with Gasteiger partial charge in [-0.3, -0.25) is 19.2 Å². The van der Waals surface area contributed by atoms with Crippen LogP contribution in [0.5, 0.6) is 0 Å². The molecular formula is C25H35N3O7. The second kappa shape index (κ2) is 9.39. The van der Waals surface area contributed by atoms with Crippen molar-refractivity contribution in [3.8, 4) is 0 Å². The predicted octanol–water partition coefficient (Wildman–Crippen LogP) is 0.154. The molecule has 35 heavy (non-hydrogen) atoms. The van der Waals surface area contributed by atoms with Gasteiger partial charge in [-0.25, -0.2) is 0 Å². The Morgan fingerprint density at radius 1 is 1.17 bits per heavy atom. The highest BCUT2D eigenvalue weighted by Crippen LogP contribution is 2.53. The van der Waals surface area contributed by atoms with E-state index < -0.39 is 53.1 Å². The molecule has 0 unspecified atom stereocenters. The van der Waals surface area contributed by atoms with E-state index in [-0.39, 0.29) is 37.9 Å². The van der Waals surface area contributed by atoms with Crippen molar-refractivity contribution >= 4 is 23.7 Å². The third-order valence-electron chi connectivity index (χ3n) is 7.18. The number of amides is 3. The van der Waals surface area contributed by atoms with Gasteiger partial charge in [0.25, 0.3) is 0 Å². The van der Waals surface area contributed by atoms with Crippen molar-refractivity contribution in [2.45, 2.75) is 69.9 Å². The summed E-state index contributed by atoms with van der Waals surface area (Å²) in [5.74, 6) is -3.41. The van der Waals surface area contributed by atoms with Crippen LogP contribution in [0.2, 0.25) is 0 Å². The van der Waals surface area contributed by atoms with Gasteiger partial charge in [0.15, 0.2) is 0 Å². The standard InChI is InChI=1S/C25H35N3O7/c1-15-14-26-17(30)9-6-5-8-16-18(23(33)34-15)19-21(31)27(12-13-29)20-22(32)28(24(2,3)4)11-7-10-25(19,20)35-16/h5,7-8,10,15-16,18-20,29H,6,9,11-14H2,1-4H3,(H,26,30)/b8-5-/t15-,16-,18+,19+,20-,25+/m0/s1. The lowest BCUT2D eigenvalue weighted by molar-refractivity contribution is -0.159. The molecule has 0 aromatic heterocycles. The maximum absolute atomic E-state index is 13.9. The summed E-state index contributed by atoms with van der Waals surface area (Å²) in [5, 5.41) is 12.5. The first-order valence-electron chi connectivity index (χ1n) is 12.2. The predicted molar refractivity (Wildman–Crippen MR) is 125 cm³/mol. The molecule has 0 aromatic carbocycles. The zero-order valence-corrected chi connectivity index (χ0v) is 20.7. The molecule has 0 aromatic rings. The van der Waals surface area contributed by atoms with Crippen LogP contribution in [0.25, 0.3) is 0 Å². The number of esters is 1. The Labute approximate surface area is 205 Å². The highest BCUT2D eigenvalue weighted by Gasteiger charge is 2.72. The van der Waals surface area contributed by atoms with Gasteiger partial charge in [-0.2, -0.15) is 0 Å². The first kappa shape index (κ1) is 25.4. The minimum Gasteiger partial charge on any atom is -0.460 e. The maximum Gasteiger partial charge on any atom is 0.313 e. The number of carbonyl (C=O) groups excluding carboxylic acids is 4. The van der Waals surface area contributed by atoms with Crippen LogP contribution < -0.4 is 5.32 Å². The molecule has 2 saturated heterocycles. The van der Waals surface area contributed by atoms with Gasteiger partial charge in [-0.15, -0.1) is 0 Å². The molecule has 4 rings (SSSR count). The molecule has 6 atom stereocenters. The monoisotopic (exact) mass is 489 g/mol. The van der Waals surface area contributed by atoms with Crippen LogP contribution in [0, 0.1) is 11.8 Å². The molecule has 4 aliphatic rings. The average molecular weight is 490 g/mol. The van der Waals surface area contributed by atoms with E-state index in [1.54, 1.807) is 30.1 Å². The number of carbonyl (C=O) groups is 4. The number of nitrogens with one attached hydrogen (secondary N) is 1. The Hall–Kier alpha value is -2.72. The van der Waals surface area contributed by atoms with Crippen LogP contribution in [-0.2, 0) is 28.7 Å². The molecule has 10 heteroatoms. The van der Waals surface area contributed by atoms with Crippen LogP contribution in [0.3, 0.4) is 0 Å². The summed E-state index contributed by atoms with van der Waals surface area (Å²) < 4.78 is 12.1. The van der Waals surface area contributed by atoms with Gasteiger partial charge in [0, 0.05) is 25.0 Å². The normalized spacial score (nSPS) is 36.9. The SMILES string of the molecule is C[C@H]1CNC(=O)CC/C=C\[C@@H]2O[C@@]34C=CCN(C(C)(C)C)C(=O)[C@@H]3N(CCO)C(=O)[C@H]4[C@@H]2C(=O)O1. The van der Waals surface area contributed by atoms with Crippen LogP contribution in [0.1, 0.15) is 40.5 Å². The quantitative estimate of drug-likeness (QED) is 0.418. The average Bonchev–Trinajstić information content (AvgIpc) is 3.14. The molecule has 1 spiro atoms. The van der Waals surface area contributed by atoms with Gasteiger partial charge in [0.2, 0.25) is 17.7 Å². The lowest BCUT2D eigenvalue weighted by Crippen LogP contribution is -2.58. The van der Waals surface area contributed by atoms with Gasteiger partial charge >= 0.3 is 5.97 Å². The van der Waals surface area contributed by atoms with E-state index in [0.717, 1.165) is 0 Å². The first-order valence-corrected chi connectivity index (χ1v) is 12.2. The fourth-order valence-electron chi connectivity index (χ4n) is 5.61. The van der Waals surface area contributed by atoms with Crippen LogP contribution in [-0.4, -0.2) is 94.2 Å². The largest absolute Gasteiger partial charge is 0.460 e. The van der Waals surface area contributed by atoms with E-state index in [9.17, 15) is 24.3 Å². The summed E-state index contributed by atoms with van der Waals surface area (Å²) >= 11 is 0. The molecule has 0 bridgehead atoms. The number of rotatable bonds is 2. The van der Waals surface area contributed by atoms with Crippen molar-refractivity contribution in [1.29, 1.82) is 0 Å². The second-order valence-electron chi connectivity index (χ2n) is 10.6. The second-order valence-corrected chi connectivity index (χ2v) is 10.6. The van der Waals surface area contributed by atoms with Crippen molar-refractivity contribution in [3.63, 3.8) is 0 Å². The number of aliphatic hydroxyl groups excluding tert-OH is 1. The van der Waals surface area contributed by atoms with Gasteiger partial charge in [-0.1, -0.05) is 24.3 Å². The minimum absolute atomic E-state index is 0.0482. The van der Waals surface area contributed by atoms with Crippen LogP contribution >= 0.6 is 0 Å². The fourth-order valence-corrected chi connectivity index (χ4v) is 5.61. The topological polar surface area (TPSA) is 125 Å². The summed E-state index contributed by atoms with van der Waals surface area (Å²) in [6.07, 6.45) is 6.35. The smallest absolute Gasteiger partial charge is 0.313 e. The molecule has 10 nitrogen and oxygen atoms in total. The number of aliphatic hydroxyl groups is 1. The summed E-state index contributed by atoms with van der Waals surface area (Å²) in [7, 11) is 0. The van der Waals surface area contributed by atoms with Gasteiger partial charge in [0.1, 0.15) is 23.7 Å². The lowest BCUT2D eigenvalue weighted by Gasteiger charge is -2.40. The molecule has 192 valence electrons. The summed E-state index contributed by atoms with van der Waals surface area (Å²) in [5.41, 5.74) is -1.89. The van der Waals surface area contributed by atoms with E-state index in [1.165, 1.54) is 4.90 Å². The molecule has 0 radical (unpaired) electrons. The number of fused-ring (bicyclic) bond motifs is 2. The summed E-state index contributed by atoms with van der Waals surface area (Å²) in [6.45, 7) is 7.54. The van der Waals surface area contributed by atoms with Gasteiger partial charge in [-0.05, 0) is 34.1 Å². The molecule has 2 fully saturated rings. The van der Waals surface area contributed by atoms with E-state index in [1.807, 2.05) is 26.8 Å². The zero-order chi connectivity index (χ0) is 25.5. The fraction of sp³-hybridized carbons (Fsp3) is 0.680. The van der Waals surface area contributed by atoms with Crippen molar-refractivity contribution < 1.29 is 33.8 Å². The number of cyclic esters (lactones) is 1. The highest BCUT2D eigenvalue weighted by molar-refractivity contribution is 5.99. The molecule has 2 N–H and O–H groups in total. The van der Waals surface area contributed by atoms with Gasteiger partial charge in [0.05, 0.1) is 25.2 Å². The molecule has 0 aliphatic carbocycles. The number of nitrogens with zero attached hydrogens (tertiary/aromatic N) is 2. The number of β-amino-alcohol motifs (C(OH)–C–C–N with tert-alkyl or cyclic N) is 1. The Bertz CT molecular complexity index is 955. The third kappa shape index (κ3) is 4.38. The first-order chi connectivity index (χ1) is 16.5. The minimum atomic E-state index is -1.38. The Kier molecular flexibility index (Phi) is 6.80. The summed E-state index contributed by atoms with van der Waals surface area (Å²) in [6, 6.07) is -1.02. The van der Waals surface area contributed by atoms with E-state index in [2.05, 4.69) is 5.32 Å². The lowest BCUT2D eigenvalue weighted by atomic mass is 9.77. The number of hydrogen-bond acceptors (Lipinski definition) is 7. The van der Waals surface area contributed by atoms with Crippen LogP contribution in [0.4, 0.5) is 0 Å². The van der Waals surface area contributed by atoms with Crippen molar-refractivity contribution in [2.24, 2.45) is 11.8 Å². The third-order valence-corrected chi connectivity index (χ3v) is 7.18. The van der Waals surface area contributed by atoms with Gasteiger partial charge < -0.3 is 29.7 Å². The van der Waals surface area contributed by atoms with E-state index in [0.29, 0.717) is 13.0 Å². The summed E-state index contributed by atoms with van der Waals surface area (Å²) in [4.78, 5) is 56.2. The number of likely N-dealkylation sites (tertiary alicyclic amines) is 1. The van der Waals surface area contributed by atoms with E-state index >= 15 is 0 Å². The number of hydrogen-bond donors (Lipinski definition) is 2. The highest BCUT2D eigenvalue weighted by atomic mass is 16.6. The van der Waals surface area contributed by atoms with Crippen LogP contribution in [0.15, 0.2) is 24.3 Å². The van der Waals surface area contributed by atoms with E-state index in [4.69, 9.17) is 9.47 Å². The molecule has 0 saturated carbocycles. The molecular weight excluding hydrogens is 454 g/mol. The zero-order valence-electron chi connectivity index (χ0n) is 20.7. The Morgan fingerprint density at radius 2 is 1.91 bits per heavy atom. The molecule has 4 heterocycles. The Morgan fingerprint density at radius 3 is 2.60 bits per heavy atom.